The van der Waals surface area contributed by atoms with Crippen molar-refractivity contribution in [2.45, 2.75) is 19.0 Å². The van der Waals surface area contributed by atoms with E-state index in [1.54, 1.807) is 31.2 Å². The summed E-state index contributed by atoms with van der Waals surface area (Å²) in [5.41, 5.74) is 11.3. The Bertz CT molecular complexity index is 376. The molecule has 0 aromatic heterocycles. The Morgan fingerprint density at radius 2 is 1.81 bits per heavy atom. The van der Waals surface area contributed by atoms with Gasteiger partial charge in [-0.2, -0.15) is 0 Å². The van der Waals surface area contributed by atoms with Crippen LogP contribution in [-0.4, -0.2) is 17.9 Å². The first-order valence-electron chi connectivity index (χ1n) is 4.92. The second-order valence-corrected chi connectivity index (χ2v) is 3.54. The van der Waals surface area contributed by atoms with E-state index in [1.165, 1.54) is 0 Å². The van der Waals surface area contributed by atoms with Gasteiger partial charge in [0.1, 0.15) is 6.04 Å². The minimum Gasteiger partial charge on any atom is -0.368 e. The molecule has 0 fully saturated rings. The van der Waals surface area contributed by atoms with Crippen molar-refractivity contribution < 1.29 is 9.59 Å². The van der Waals surface area contributed by atoms with Crippen LogP contribution >= 0.6 is 0 Å². The van der Waals surface area contributed by atoms with E-state index < -0.39 is 23.9 Å². The van der Waals surface area contributed by atoms with Gasteiger partial charge in [-0.05, 0) is 12.5 Å². The van der Waals surface area contributed by atoms with E-state index in [0.717, 1.165) is 0 Å². The maximum Gasteiger partial charge on any atom is 0.244 e. The van der Waals surface area contributed by atoms with Gasteiger partial charge in [-0.25, -0.2) is 0 Å². The van der Waals surface area contributed by atoms with Gasteiger partial charge in [0, 0.05) is 0 Å². The van der Waals surface area contributed by atoms with Crippen molar-refractivity contribution in [2.75, 3.05) is 0 Å². The van der Waals surface area contributed by atoms with Crippen molar-refractivity contribution in [3.63, 3.8) is 0 Å². The first-order valence-corrected chi connectivity index (χ1v) is 4.92. The van der Waals surface area contributed by atoms with E-state index >= 15 is 0 Å². The third kappa shape index (κ3) is 3.06. The van der Waals surface area contributed by atoms with Crippen LogP contribution < -0.4 is 16.8 Å². The summed E-state index contributed by atoms with van der Waals surface area (Å²) in [5, 5.41) is 2.49. The highest BCUT2D eigenvalue weighted by molar-refractivity contribution is 5.89. The largest absolute Gasteiger partial charge is 0.368 e. The number of nitrogens with two attached hydrogens (primary N) is 2. The van der Waals surface area contributed by atoms with Gasteiger partial charge in [0.05, 0.1) is 6.04 Å². The predicted molar refractivity (Wildman–Crippen MR) is 60.2 cm³/mol. The molecule has 0 saturated heterocycles. The summed E-state index contributed by atoms with van der Waals surface area (Å²) >= 11 is 0. The molecular formula is C11H15N3O2. The zero-order chi connectivity index (χ0) is 12.1. The summed E-state index contributed by atoms with van der Waals surface area (Å²) in [7, 11) is 0. The van der Waals surface area contributed by atoms with Gasteiger partial charge in [-0.3, -0.25) is 9.59 Å². The van der Waals surface area contributed by atoms with Gasteiger partial charge >= 0.3 is 0 Å². The number of rotatable bonds is 4. The van der Waals surface area contributed by atoms with Gasteiger partial charge in [0.25, 0.3) is 0 Å². The molecule has 2 atom stereocenters. The van der Waals surface area contributed by atoms with Crippen molar-refractivity contribution in [3.8, 4) is 0 Å². The zero-order valence-electron chi connectivity index (χ0n) is 9.01. The summed E-state index contributed by atoms with van der Waals surface area (Å²) in [6, 6.07) is 7.28. The van der Waals surface area contributed by atoms with Crippen LogP contribution in [0.25, 0.3) is 0 Å². The van der Waals surface area contributed by atoms with Crippen LogP contribution in [0, 0.1) is 0 Å². The molecule has 0 heterocycles. The SMILES string of the molecule is C[C@@H](N)C(=O)NC(C(N)=O)c1ccccc1. The Morgan fingerprint density at radius 3 is 2.25 bits per heavy atom. The van der Waals surface area contributed by atoms with Crippen LogP contribution in [0.3, 0.4) is 0 Å². The molecule has 5 nitrogen and oxygen atoms in total. The molecule has 5 N–H and O–H groups in total. The normalized spacial score (nSPS) is 13.9. The molecule has 86 valence electrons. The topological polar surface area (TPSA) is 98.2 Å². The molecule has 0 aliphatic heterocycles. The Kier molecular flexibility index (Phi) is 4.02. The fourth-order valence-corrected chi connectivity index (χ4v) is 1.24. The van der Waals surface area contributed by atoms with Crippen LogP contribution in [0.15, 0.2) is 30.3 Å². The van der Waals surface area contributed by atoms with E-state index in [-0.39, 0.29) is 0 Å². The van der Waals surface area contributed by atoms with Crippen LogP contribution in [0.2, 0.25) is 0 Å². The first-order chi connectivity index (χ1) is 7.52. The highest BCUT2D eigenvalue weighted by atomic mass is 16.2. The quantitative estimate of drug-likeness (QED) is 0.649. The number of amides is 2. The van der Waals surface area contributed by atoms with Gasteiger partial charge < -0.3 is 16.8 Å². The standard InChI is InChI=1S/C11H15N3O2/c1-7(12)11(16)14-9(10(13)15)8-5-3-2-4-6-8/h2-7,9H,12H2,1H3,(H2,13,15)(H,14,16)/t7-,9?/m1/s1. The molecule has 1 unspecified atom stereocenters. The molecule has 1 rings (SSSR count). The van der Waals surface area contributed by atoms with Crippen molar-refractivity contribution in [2.24, 2.45) is 11.5 Å². The molecule has 2 amide bonds. The molecule has 0 bridgehead atoms. The highest BCUT2D eigenvalue weighted by Crippen LogP contribution is 2.11. The summed E-state index contributed by atoms with van der Waals surface area (Å²) < 4.78 is 0. The molecule has 1 aromatic rings. The molecule has 0 aliphatic carbocycles. The summed E-state index contributed by atoms with van der Waals surface area (Å²) in [4.78, 5) is 22.6. The van der Waals surface area contributed by atoms with Gasteiger partial charge in [0.15, 0.2) is 0 Å². The third-order valence-corrected chi connectivity index (χ3v) is 2.12. The van der Waals surface area contributed by atoms with E-state index in [9.17, 15) is 9.59 Å². The summed E-state index contributed by atoms with van der Waals surface area (Å²) in [5.74, 6) is -1.02. The van der Waals surface area contributed by atoms with Gasteiger partial charge in [0.2, 0.25) is 11.8 Å². The third-order valence-electron chi connectivity index (χ3n) is 2.12. The number of nitrogens with one attached hydrogen (secondary N) is 1. The lowest BCUT2D eigenvalue weighted by Gasteiger charge is -2.17. The predicted octanol–water partition coefficient (Wildman–Crippen LogP) is -0.324. The molecule has 0 spiro atoms. The van der Waals surface area contributed by atoms with Crippen LogP contribution in [0.5, 0.6) is 0 Å². The monoisotopic (exact) mass is 221 g/mol. The summed E-state index contributed by atoms with van der Waals surface area (Å²) in [6.45, 7) is 1.54. The molecule has 0 saturated carbocycles. The number of hydrogen-bond acceptors (Lipinski definition) is 3. The maximum atomic E-state index is 11.4. The Balaban J connectivity index is 2.85. The number of hydrogen-bond donors (Lipinski definition) is 3. The minimum atomic E-state index is -0.834. The zero-order valence-corrected chi connectivity index (χ0v) is 9.01. The van der Waals surface area contributed by atoms with Crippen molar-refractivity contribution >= 4 is 11.8 Å². The lowest BCUT2D eigenvalue weighted by molar-refractivity contribution is -0.128. The molecule has 0 radical (unpaired) electrons. The van der Waals surface area contributed by atoms with E-state index in [4.69, 9.17) is 11.5 Å². The Labute approximate surface area is 93.8 Å². The fourth-order valence-electron chi connectivity index (χ4n) is 1.24. The minimum absolute atomic E-state index is 0.410. The van der Waals surface area contributed by atoms with Crippen LogP contribution in [-0.2, 0) is 9.59 Å². The first kappa shape index (κ1) is 12.2. The number of benzene rings is 1. The number of carbonyl (C=O) groups excluding carboxylic acids is 2. The molecule has 0 aliphatic rings. The Hall–Kier alpha value is -1.88. The molecular weight excluding hydrogens is 206 g/mol. The van der Waals surface area contributed by atoms with Crippen molar-refractivity contribution in [1.29, 1.82) is 0 Å². The van der Waals surface area contributed by atoms with Gasteiger partial charge in [-0.1, -0.05) is 30.3 Å². The molecule has 5 heteroatoms. The average molecular weight is 221 g/mol. The lowest BCUT2D eigenvalue weighted by atomic mass is 10.1. The fraction of sp³-hybridized carbons (Fsp3) is 0.273. The second-order valence-electron chi connectivity index (χ2n) is 3.54. The number of carbonyl (C=O) groups is 2. The molecule has 16 heavy (non-hydrogen) atoms. The lowest BCUT2D eigenvalue weighted by Crippen LogP contribution is -2.44. The van der Waals surface area contributed by atoms with Gasteiger partial charge in [-0.15, -0.1) is 0 Å². The number of primary amides is 1. The summed E-state index contributed by atoms with van der Waals surface area (Å²) in [6.07, 6.45) is 0. The average Bonchev–Trinajstić information content (AvgIpc) is 2.26. The van der Waals surface area contributed by atoms with Crippen LogP contribution in [0.4, 0.5) is 0 Å². The van der Waals surface area contributed by atoms with E-state index in [2.05, 4.69) is 5.32 Å². The van der Waals surface area contributed by atoms with E-state index in [1.807, 2.05) is 6.07 Å². The maximum absolute atomic E-state index is 11.4. The molecule has 1 aromatic carbocycles. The Morgan fingerprint density at radius 1 is 1.25 bits per heavy atom. The smallest absolute Gasteiger partial charge is 0.244 e. The highest BCUT2D eigenvalue weighted by Gasteiger charge is 2.21. The van der Waals surface area contributed by atoms with Crippen LogP contribution in [0.1, 0.15) is 18.5 Å². The second kappa shape index (κ2) is 5.27. The van der Waals surface area contributed by atoms with E-state index in [0.29, 0.717) is 5.56 Å². The van der Waals surface area contributed by atoms with Crippen molar-refractivity contribution in [3.05, 3.63) is 35.9 Å². The van der Waals surface area contributed by atoms with Crippen molar-refractivity contribution in [1.82, 2.24) is 5.32 Å².